The van der Waals surface area contributed by atoms with Crippen LogP contribution < -0.4 is 0 Å². The minimum atomic E-state index is 0.0295. The maximum absolute atomic E-state index is 5.06. The molecule has 1 heterocycles. The Balaban J connectivity index is 1.45. The largest absolute Gasteiger partial charge is 0.150 e. The Labute approximate surface area is 256 Å². The molecule has 0 radical (unpaired) electrons. The van der Waals surface area contributed by atoms with Crippen LogP contribution in [0, 0.1) is 0 Å². The van der Waals surface area contributed by atoms with Crippen LogP contribution in [0.15, 0.2) is 97.1 Å². The summed E-state index contributed by atoms with van der Waals surface area (Å²) < 4.78 is 0. The lowest BCUT2D eigenvalue weighted by molar-refractivity contribution is 0.590. The molecule has 1 aromatic heterocycles. The second-order valence-electron chi connectivity index (χ2n) is 15.0. The Morgan fingerprint density at radius 1 is 0.442 bits per heavy atom. The first-order valence-corrected chi connectivity index (χ1v) is 15.4. The van der Waals surface area contributed by atoms with E-state index in [1.807, 2.05) is 0 Å². The summed E-state index contributed by atoms with van der Waals surface area (Å²) in [7, 11) is 0. The van der Waals surface area contributed by atoms with Gasteiger partial charge in [0.05, 0.1) is 5.69 Å². The van der Waals surface area contributed by atoms with Gasteiger partial charge in [-0.2, -0.15) is 4.80 Å². The third-order valence-corrected chi connectivity index (χ3v) is 8.60. The Bertz CT molecular complexity index is 1920. The second kappa shape index (κ2) is 10.2. The van der Waals surface area contributed by atoms with Crippen molar-refractivity contribution in [3.05, 3.63) is 114 Å². The maximum Gasteiger partial charge on any atom is 0.121 e. The number of hydrogen-bond donors (Lipinski definition) is 0. The molecule has 218 valence electrons. The molecule has 3 heteroatoms. The van der Waals surface area contributed by atoms with Crippen molar-refractivity contribution in [3.63, 3.8) is 0 Å². The maximum atomic E-state index is 5.06. The third kappa shape index (κ3) is 5.61. The summed E-state index contributed by atoms with van der Waals surface area (Å²) >= 11 is 0. The molecule has 43 heavy (non-hydrogen) atoms. The number of benzene rings is 5. The van der Waals surface area contributed by atoms with Gasteiger partial charge >= 0.3 is 0 Å². The number of fused-ring (bicyclic) bond motifs is 3. The zero-order valence-electron chi connectivity index (χ0n) is 27.1. The van der Waals surface area contributed by atoms with Crippen molar-refractivity contribution in [2.75, 3.05) is 0 Å². The van der Waals surface area contributed by atoms with Crippen LogP contribution in [0.1, 0.15) is 79.0 Å². The van der Waals surface area contributed by atoms with E-state index in [0.29, 0.717) is 0 Å². The minimum absolute atomic E-state index is 0.0295. The van der Waals surface area contributed by atoms with Gasteiger partial charge < -0.3 is 0 Å². The van der Waals surface area contributed by atoms with Crippen molar-refractivity contribution < 1.29 is 0 Å². The molecule has 0 aliphatic rings. The molecular formula is C40H43N3. The molecule has 0 fully saturated rings. The van der Waals surface area contributed by atoms with E-state index >= 15 is 0 Å². The average molecular weight is 566 g/mol. The summed E-state index contributed by atoms with van der Waals surface area (Å²) in [6.45, 7) is 20.3. The average Bonchev–Trinajstić information content (AvgIpc) is 3.40. The standard InChI is InChI=1S/C40H43N3/c1-38(2,3)29-16-10-26(11-17-29)27-14-21-32(22-15-27)43-41-36-25-34(28-12-18-30(19-13-28)39(4,5)6)33-23-20-31(40(7,8)9)24-35(33)37(36)42-43/h10-25H,1-9H3. The minimum Gasteiger partial charge on any atom is -0.150 e. The summed E-state index contributed by atoms with van der Waals surface area (Å²) in [6.07, 6.45) is 0. The van der Waals surface area contributed by atoms with Crippen molar-refractivity contribution >= 4 is 21.8 Å². The fourth-order valence-electron chi connectivity index (χ4n) is 5.72. The first-order valence-electron chi connectivity index (χ1n) is 15.4. The van der Waals surface area contributed by atoms with E-state index < -0.39 is 0 Å². The highest BCUT2D eigenvalue weighted by molar-refractivity contribution is 6.11. The Hall–Kier alpha value is -4.24. The van der Waals surface area contributed by atoms with Crippen LogP contribution in [0.4, 0.5) is 0 Å². The first kappa shape index (κ1) is 28.9. The molecule has 0 aliphatic carbocycles. The van der Waals surface area contributed by atoms with Gasteiger partial charge in [0.15, 0.2) is 0 Å². The van der Waals surface area contributed by atoms with Gasteiger partial charge in [0.25, 0.3) is 0 Å². The predicted molar refractivity (Wildman–Crippen MR) is 183 cm³/mol. The van der Waals surface area contributed by atoms with E-state index in [-0.39, 0.29) is 16.2 Å². The molecule has 0 aliphatic heterocycles. The van der Waals surface area contributed by atoms with Crippen molar-refractivity contribution in [2.45, 2.75) is 78.6 Å². The predicted octanol–water partition coefficient (Wildman–Crippen LogP) is 10.8. The Morgan fingerprint density at radius 2 is 0.907 bits per heavy atom. The molecule has 0 saturated carbocycles. The molecule has 6 rings (SSSR count). The van der Waals surface area contributed by atoms with Crippen molar-refractivity contribution in [1.29, 1.82) is 0 Å². The molecule has 0 atom stereocenters. The number of nitrogens with zero attached hydrogens (tertiary/aromatic N) is 3. The molecule has 0 N–H and O–H groups in total. The number of aromatic nitrogens is 3. The molecule has 5 aromatic carbocycles. The van der Waals surface area contributed by atoms with Crippen LogP contribution in [0.2, 0.25) is 0 Å². The van der Waals surface area contributed by atoms with Gasteiger partial charge in [-0.05, 0) is 84.8 Å². The molecule has 0 bridgehead atoms. The summed E-state index contributed by atoms with van der Waals surface area (Å²) in [4.78, 5) is 1.78. The quantitative estimate of drug-likeness (QED) is 0.214. The van der Waals surface area contributed by atoms with Crippen LogP contribution in [0.3, 0.4) is 0 Å². The number of rotatable bonds is 3. The van der Waals surface area contributed by atoms with Gasteiger partial charge in [-0.15, -0.1) is 10.2 Å². The monoisotopic (exact) mass is 565 g/mol. The molecular weight excluding hydrogens is 522 g/mol. The van der Waals surface area contributed by atoms with E-state index in [1.54, 1.807) is 4.80 Å². The van der Waals surface area contributed by atoms with E-state index in [0.717, 1.165) is 22.1 Å². The van der Waals surface area contributed by atoms with Crippen LogP contribution in [0.25, 0.3) is 49.7 Å². The smallest absolute Gasteiger partial charge is 0.121 e. The van der Waals surface area contributed by atoms with Gasteiger partial charge in [-0.3, -0.25) is 0 Å². The van der Waals surface area contributed by atoms with Gasteiger partial charge in [0.1, 0.15) is 11.0 Å². The third-order valence-electron chi connectivity index (χ3n) is 8.60. The lowest BCUT2D eigenvalue weighted by atomic mass is 9.84. The van der Waals surface area contributed by atoms with E-state index in [9.17, 15) is 0 Å². The lowest BCUT2D eigenvalue weighted by Gasteiger charge is -2.21. The molecule has 0 amide bonds. The fourth-order valence-corrected chi connectivity index (χ4v) is 5.72. The summed E-state index contributed by atoms with van der Waals surface area (Å²) in [5.74, 6) is 0. The van der Waals surface area contributed by atoms with Crippen LogP contribution in [-0.2, 0) is 16.2 Å². The van der Waals surface area contributed by atoms with Gasteiger partial charge in [-0.25, -0.2) is 0 Å². The Kier molecular flexibility index (Phi) is 6.84. The van der Waals surface area contributed by atoms with Crippen LogP contribution in [0.5, 0.6) is 0 Å². The second-order valence-corrected chi connectivity index (χ2v) is 15.0. The van der Waals surface area contributed by atoms with Gasteiger partial charge in [0, 0.05) is 5.39 Å². The highest BCUT2D eigenvalue weighted by atomic mass is 15.5. The molecule has 3 nitrogen and oxygen atoms in total. The van der Waals surface area contributed by atoms with Gasteiger partial charge in [-0.1, -0.05) is 135 Å². The van der Waals surface area contributed by atoms with E-state index in [1.165, 1.54) is 44.3 Å². The van der Waals surface area contributed by atoms with Crippen molar-refractivity contribution in [2.24, 2.45) is 0 Å². The molecule has 0 saturated heterocycles. The molecule has 6 aromatic rings. The zero-order valence-corrected chi connectivity index (χ0v) is 27.1. The molecule has 0 unspecified atom stereocenters. The summed E-state index contributed by atoms with van der Waals surface area (Å²) in [5, 5.41) is 12.4. The Morgan fingerprint density at radius 3 is 1.42 bits per heavy atom. The summed E-state index contributed by atoms with van der Waals surface area (Å²) in [6, 6.07) is 35.5. The van der Waals surface area contributed by atoms with Gasteiger partial charge in [0.2, 0.25) is 0 Å². The fraction of sp³-hybridized carbons (Fsp3) is 0.300. The van der Waals surface area contributed by atoms with Crippen LogP contribution >= 0.6 is 0 Å². The SMILES string of the molecule is CC(C)(C)c1ccc(-c2ccc(-n3nc4cc(-c5ccc(C(C)(C)C)cc5)c5ccc(C(C)(C)C)cc5c4n3)cc2)cc1. The van der Waals surface area contributed by atoms with Crippen molar-refractivity contribution in [3.8, 4) is 27.9 Å². The number of hydrogen-bond acceptors (Lipinski definition) is 2. The van der Waals surface area contributed by atoms with E-state index in [2.05, 4.69) is 159 Å². The normalized spacial score (nSPS) is 12.8. The molecule has 0 spiro atoms. The van der Waals surface area contributed by atoms with E-state index in [4.69, 9.17) is 10.2 Å². The van der Waals surface area contributed by atoms with Crippen LogP contribution in [-0.4, -0.2) is 15.0 Å². The highest BCUT2D eigenvalue weighted by Gasteiger charge is 2.20. The topological polar surface area (TPSA) is 30.7 Å². The summed E-state index contributed by atoms with van der Waals surface area (Å²) in [5.41, 5.74) is 11.8. The first-order chi connectivity index (χ1) is 20.2. The lowest BCUT2D eigenvalue weighted by Crippen LogP contribution is -2.10. The highest BCUT2D eigenvalue weighted by Crippen LogP contribution is 2.37. The zero-order chi connectivity index (χ0) is 30.7. The van der Waals surface area contributed by atoms with Crippen molar-refractivity contribution in [1.82, 2.24) is 15.0 Å².